The SMILES string of the molecule is O=c1[nH]c2ccccc2cc1CN1CCCC(O)(Cn2ccnn2)C1. The van der Waals surface area contributed by atoms with Gasteiger partial charge >= 0.3 is 0 Å². The lowest BCUT2D eigenvalue weighted by Gasteiger charge is -2.39. The van der Waals surface area contributed by atoms with Gasteiger partial charge < -0.3 is 10.1 Å². The second kappa shape index (κ2) is 6.42. The zero-order valence-corrected chi connectivity index (χ0v) is 13.9. The zero-order chi connectivity index (χ0) is 17.3. The summed E-state index contributed by atoms with van der Waals surface area (Å²) in [4.78, 5) is 17.4. The van der Waals surface area contributed by atoms with Gasteiger partial charge in [-0.05, 0) is 36.9 Å². The number of rotatable bonds is 4. The molecule has 7 nitrogen and oxygen atoms in total. The van der Waals surface area contributed by atoms with Crippen LogP contribution in [-0.2, 0) is 13.1 Å². The standard InChI is InChI=1S/C18H21N5O2/c24-17-15(10-14-4-1-2-5-16(14)20-17)11-22-8-3-6-18(25,12-22)13-23-9-7-19-21-23/h1-2,4-5,7,9-10,25H,3,6,8,11-13H2,(H,20,24). The number of pyridine rings is 1. The van der Waals surface area contributed by atoms with Gasteiger partial charge in [0.2, 0.25) is 0 Å². The van der Waals surface area contributed by atoms with Crippen molar-refractivity contribution in [1.82, 2.24) is 24.9 Å². The van der Waals surface area contributed by atoms with Crippen LogP contribution in [0.2, 0.25) is 0 Å². The fraction of sp³-hybridized carbons (Fsp3) is 0.389. The maximum absolute atomic E-state index is 12.4. The molecule has 0 aliphatic carbocycles. The summed E-state index contributed by atoms with van der Waals surface area (Å²) in [6, 6.07) is 9.71. The maximum Gasteiger partial charge on any atom is 0.252 e. The number of para-hydroxylation sites is 1. The van der Waals surface area contributed by atoms with Gasteiger partial charge in [-0.15, -0.1) is 5.10 Å². The van der Waals surface area contributed by atoms with Gasteiger partial charge in [-0.2, -0.15) is 0 Å². The second-order valence-corrected chi connectivity index (χ2v) is 6.85. The fourth-order valence-corrected chi connectivity index (χ4v) is 3.64. The van der Waals surface area contributed by atoms with E-state index in [1.807, 2.05) is 30.3 Å². The molecule has 1 saturated heterocycles. The van der Waals surface area contributed by atoms with E-state index in [-0.39, 0.29) is 5.56 Å². The van der Waals surface area contributed by atoms with Gasteiger partial charge in [0.15, 0.2) is 0 Å². The predicted molar refractivity (Wildman–Crippen MR) is 94.1 cm³/mol. The highest BCUT2D eigenvalue weighted by molar-refractivity contribution is 5.78. The third kappa shape index (κ3) is 3.47. The number of benzene rings is 1. The summed E-state index contributed by atoms with van der Waals surface area (Å²) < 4.78 is 1.66. The predicted octanol–water partition coefficient (Wildman–Crippen LogP) is 1.15. The summed E-state index contributed by atoms with van der Waals surface area (Å²) in [5, 5.41) is 19.7. The molecule has 0 saturated carbocycles. The molecular formula is C18H21N5O2. The number of β-amino-alcohol motifs (C(OH)–C–C–N with tert-alkyl or cyclic N) is 1. The minimum Gasteiger partial charge on any atom is -0.387 e. The molecule has 1 aromatic carbocycles. The Labute approximate surface area is 144 Å². The van der Waals surface area contributed by atoms with Gasteiger partial charge in [0.1, 0.15) is 0 Å². The highest BCUT2D eigenvalue weighted by Crippen LogP contribution is 2.24. The van der Waals surface area contributed by atoms with Crippen molar-refractivity contribution >= 4 is 10.9 Å². The third-order valence-electron chi connectivity index (χ3n) is 4.79. The van der Waals surface area contributed by atoms with E-state index in [0.29, 0.717) is 19.6 Å². The van der Waals surface area contributed by atoms with Crippen LogP contribution in [0.25, 0.3) is 10.9 Å². The first-order valence-electron chi connectivity index (χ1n) is 8.51. The molecular weight excluding hydrogens is 318 g/mol. The summed E-state index contributed by atoms with van der Waals surface area (Å²) in [5.74, 6) is 0. The lowest BCUT2D eigenvalue weighted by molar-refractivity contribution is -0.0479. The van der Waals surface area contributed by atoms with E-state index in [2.05, 4.69) is 20.2 Å². The van der Waals surface area contributed by atoms with E-state index in [0.717, 1.165) is 35.9 Å². The van der Waals surface area contributed by atoms with Gasteiger partial charge in [-0.1, -0.05) is 23.4 Å². The number of piperidine rings is 1. The number of nitrogens with zero attached hydrogens (tertiary/aromatic N) is 4. The minimum absolute atomic E-state index is 0.0657. The molecule has 1 atom stereocenters. The molecule has 1 fully saturated rings. The van der Waals surface area contributed by atoms with Gasteiger partial charge in [0.25, 0.3) is 5.56 Å². The van der Waals surface area contributed by atoms with E-state index in [9.17, 15) is 9.90 Å². The van der Waals surface area contributed by atoms with Crippen molar-refractivity contribution in [3.05, 3.63) is 58.6 Å². The van der Waals surface area contributed by atoms with Crippen LogP contribution in [0.4, 0.5) is 0 Å². The molecule has 3 heterocycles. The first kappa shape index (κ1) is 16.0. The number of aromatic amines is 1. The molecule has 130 valence electrons. The molecule has 0 amide bonds. The smallest absolute Gasteiger partial charge is 0.252 e. The van der Waals surface area contributed by atoms with E-state index in [1.165, 1.54) is 0 Å². The number of hydrogen-bond donors (Lipinski definition) is 2. The summed E-state index contributed by atoms with van der Waals surface area (Å²) in [6.07, 6.45) is 4.97. The van der Waals surface area contributed by atoms with Crippen LogP contribution in [0.3, 0.4) is 0 Å². The topological polar surface area (TPSA) is 87.0 Å². The number of hydrogen-bond acceptors (Lipinski definition) is 5. The van der Waals surface area contributed by atoms with Gasteiger partial charge in [0, 0.05) is 30.4 Å². The molecule has 0 bridgehead atoms. The Morgan fingerprint density at radius 2 is 2.20 bits per heavy atom. The Hall–Kier alpha value is -2.51. The van der Waals surface area contributed by atoms with Crippen molar-refractivity contribution in [3.63, 3.8) is 0 Å². The van der Waals surface area contributed by atoms with E-state index < -0.39 is 5.60 Å². The van der Waals surface area contributed by atoms with Crippen LogP contribution in [0, 0.1) is 0 Å². The van der Waals surface area contributed by atoms with Crippen LogP contribution in [0.15, 0.2) is 47.5 Å². The molecule has 2 aromatic heterocycles. The number of fused-ring (bicyclic) bond motifs is 1. The first-order valence-corrected chi connectivity index (χ1v) is 8.51. The molecule has 2 N–H and O–H groups in total. The van der Waals surface area contributed by atoms with E-state index >= 15 is 0 Å². The highest BCUT2D eigenvalue weighted by atomic mass is 16.3. The molecule has 0 spiro atoms. The number of likely N-dealkylation sites (tertiary alicyclic amines) is 1. The van der Waals surface area contributed by atoms with Crippen LogP contribution in [0.5, 0.6) is 0 Å². The molecule has 0 radical (unpaired) electrons. The van der Waals surface area contributed by atoms with Gasteiger partial charge in [-0.25, -0.2) is 4.68 Å². The molecule has 3 aromatic rings. The molecule has 4 rings (SSSR count). The number of H-pyrrole nitrogens is 1. The van der Waals surface area contributed by atoms with Crippen molar-refractivity contribution in [3.8, 4) is 0 Å². The average molecular weight is 339 g/mol. The van der Waals surface area contributed by atoms with Crippen LogP contribution in [0.1, 0.15) is 18.4 Å². The lowest BCUT2D eigenvalue weighted by atomic mass is 9.92. The quantitative estimate of drug-likeness (QED) is 0.744. The average Bonchev–Trinajstić information content (AvgIpc) is 3.08. The Kier molecular flexibility index (Phi) is 4.10. The second-order valence-electron chi connectivity index (χ2n) is 6.85. The fourth-order valence-electron chi connectivity index (χ4n) is 3.64. The van der Waals surface area contributed by atoms with Gasteiger partial charge in [-0.3, -0.25) is 9.69 Å². The molecule has 1 aliphatic rings. The minimum atomic E-state index is -0.852. The largest absolute Gasteiger partial charge is 0.387 e. The van der Waals surface area contributed by atoms with Crippen molar-refractivity contribution in [2.45, 2.75) is 31.5 Å². The lowest BCUT2D eigenvalue weighted by Crippen LogP contribution is -2.50. The molecule has 25 heavy (non-hydrogen) atoms. The summed E-state index contributed by atoms with van der Waals surface area (Å²) in [7, 11) is 0. The monoisotopic (exact) mass is 339 g/mol. The van der Waals surface area contributed by atoms with Crippen molar-refractivity contribution < 1.29 is 5.11 Å². The summed E-state index contributed by atoms with van der Waals surface area (Å²) in [6.45, 7) is 2.32. The Morgan fingerprint density at radius 1 is 1.32 bits per heavy atom. The van der Waals surface area contributed by atoms with E-state index in [4.69, 9.17) is 0 Å². The van der Waals surface area contributed by atoms with Crippen LogP contribution >= 0.6 is 0 Å². The van der Waals surface area contributed by atoms with Crippen molar-refractivity contribution in [2.75, 3.05) is 13.1 Å². The Morgan fingerprint density at radius 3 is 3.04 bits per heavy atom. The van der Waals surface area contributed by atoms with Crippen molar-refractivity contribution in [1.29, 1.82) is 0 Å². The third-order valence-corrected chi connectivity index (χ3v) is 4.79. The van der Waals surface area contributed by atoms with E-state index in [1.54, 1.807) is 17.1 Å². The van der Waals surface area contributed by atoms with Crippen LogP contribution < -0.4 is 5.56 Å². The number of aromatic nitrogens is 4. The molecule has 7 heteroatoms. The Balaban J connectivity index is 1.52. The molecule has 1 aliphatic heterocycles. The number of aliphatic hydroxyl groups is 1. The van der Waals surface area contributed by atoms with Crippen LogP contribution in [-0.4, -0.2) is 48.7 Å². The maximum atomic E-state index is 12.4. The zero-order valence-electron chi connectivity index (χ0n) is 13.9. The highest BCUT2D eigenvalue weighted by Gasteiger charge is 2.34. The Bertz CT molecular complexity index is 921. The van der Waals surface area contributed by atoms with Crippen molar-refractivity contribution in [2.24, 2.45) is 0 Å². The summed E-state index contributed by atoms with van der Waals surface area (Å²) in [5.41, 5.74) is 0.653. The number of nitrogens with one attached hydrogen (secondary N) is 1. The summed E-state index contributed by atoms with van der Waals surface area (Å²) >= 11 is 0. The molecule has 1 unspecified atom stereocenters. The van der Waals surface area contributed by atoms with Gasteiger partial charge in [0.05, 0.1) is 18.3 Å². The normalized spacial score (nSPS) is 21.6. The first-order chi connectivity index (χ1) is 12.1.